The van der Waals surface area contributed by atoms with Crippen LogP contribution in [-0.4, -0.2) is 42.4 Å². The minimum atomic E-state index is -3.67. The Morgan fingerprint density at radius 2 is 1.91 bits per heavy atom. The van der Waals surface area contributed by atoms with Crippen LogP contribution in [0.15, 0.2) is 23.1 Å². The Morgan fingerprint density at radius 3 is 2.50 bits per heavy atom. The molecule has 1 aromatic carbocycles. The van der Waals surface area contributed by atoms with Gasteiger partial charge in [0.15, 0.2) is 0 Å². The summed E-state index contributed by atoms with van der Waals surface area (Å²) in [6, 6.07) is 4.72. The number of sulfonamides is 1. The van der Waals surface area contributed by atoms with E-state index in [4.69, 9.17) is 14.2 Å². The summed E-state index contributed by atoms with van der Waals surface area (Å²) in [6.45, 7) is 3.78. The molecule has 7 heteroatoms. The fraction of sp³-hybridized carbons (Fsp3) is 0.600. The van der Waals surface area contributed by atoms with E-state index in [2.05, 4.69) is 11.6 Å². The Morgan fingerprint density at radius 1 is 1.23 bits per heavy atom. The third-order valence-electron chi connectivity index (χ3n) is 4.05. The van der Waals surface area contributed by atoms with Crippen molar-refractivity contribution >= 4 is 10.0 Å². The zero-order valence-electron chi connectivity index (χ0n) is 13.2. The lowest BCUT2D eigenvalue weighted by molar-refractivity contribution is 0.0264. The molecule has 6 nitrogen and oxygen atoms in total. The quantitative estimate of drug-likeness (QED) is 0.861. The van der Waals surface area contributed by atoms with Crippen molar-refractivity contribution in [2.75, 3.05) is 34.0 Å². The molecule has 1 heterocycles. The molecule has 1 N–H and O–H groups in total. The Labute approximate surface area is 131 Å². The first-order valence-corrected chi connectivity index (χ1v) is 8.68. The van der Waals surface area contributed by atoms with E-state index in [9.17, 15) is 8.42 Å². The van der Waals surface area contributed by atoms with Crippen LogP contribution in [0.5, 0.6) is 11.5 Å². The van der Waals surface area contributed by atoms with Crippen LogP contribution in [0.25, 0.3) is 0 Å². The van der Waals surface area contributed by atoms with Gasteiger partial charge in [-0.2, -0.15) is 0 Å². The summed E-state index contributed by atoms with van der Waals surface area (Å²) in [5, 5.41) is 0. The van der Waals surface area contributed by atoms with E-state index in [1.54, 1.807) is 12.1 Å². The minimum Gasteiger partial charge on any atom is -0.497 e. The molecule has 0 unspecified atom stereocenters. The van der Waals surface area contributed by atoms with Crippen molar-refractivity contribution in [3.63, 3.8) is 0 Å². The summed E-state index contributed by atoms with van der Waals surface area (Å²) in [5.41, 5.74) is -0.0859. The van der Waals surface area contributed by atoms with Crippen LogP contribution < -0.4 is 14.2 Å². The van der Waals surface area contributed by atoms with Crippen LogP contribution >= 0.6 is 0 Å². The third kappa shape index (κ3) is 3.91. The Bertz CT molecular complexity index is 608. The molecule has 0 spiro atoms. The molecule has 22 heavy (non-hydrogen) atoms. The number of methoxy groups -OCH3 is 2. The van der Waals surface area contributed by atoms with E-state index < -0.39 is 10.0 Å². The molecule has 0 bridgehead atoms. The highest BCUT2D eigenvalue weighted by molar-refractivity contribution is 7.89. The van der Waals surface area contributed by atoms with Gasteiger partial charge in [0.1, 0.15) is 16.4 Å². The smallest absolute Gasteiger partial charge is 0.244 e. The summed E-state index contributed by atoms with van der Waals surface area (Å²) >= 11 is 0. The van der Waals surface area contributed by atoms with Crippen molar-refractivity contribution in [2.45, 2.75) is 24.7 Å². The third-order valence-corrected chi connectivity index (χ3v) is 5.47. The van der Waals surface area contributed by atoms with E-state index in [0.29, 0.717) is 31.3 Å². The van der Waals surface area contributed by atoms with Crippen LogP contribution in [0.2, 0.25) is 0 Å². The van der Waals surface area contributed by atoms with Gasteiger partial charge in [0, 0.05) is 25.8 Å². The van der Waals surface area contributed by atoms with Crippen molar-refractivity contribution in [1.29, 1.82) is 0 Å². The number of ether oxygens (including phenoxy) is 3. The average molecular weight is 329 g/mol. The van der Waals surface area contributed by atoms with Crippen LogP contribution in [-0.2, 0) is 14.8 Å². The molecule has 0 amide bonds. The van der Waals surface area contributed by atoms with Crippen LogP contribution in [0.1, 0.15) is 19.8 Å². The highest BCUT2D eigenvalue weighted by Crippen LogP contribution is 2.31. The first kappa shape index (κ1) is 17.1. The number of hydrogen-bond acceptors (Lipinski definition) is 5. The highest BCUT2D eigenvalue weighted by Gasteiger charge is 2.30. The summed E-state index contributed by atoms with van der Waals surface area (Å²) in [6.07, 6.45) is 1.68. The highest BCUT2D eigenvalue weighted by atomic mass is 32.2. The van der Waals surface area contributed by atoms with Gasteiger partial charge in [-0.15, -0.1) is 0 Å². The normalized spacial score (nSPS) is 18.0. The largest absolute Gasteiger partial charge is 0.497 e. The van der Waals surface area contributed by atoms with Crippen molar-refractivity contribution in [3.05, 3.63) is 18.2 Å². The fourth-order valence-corrected chi connectivity index (χ4v) is 3.76. The van der Waals surface area contributed by atoms with Gasteiger partial charge in [-0.3, -0.25) is 0 Å². The van der Waals surface area contributed by atoms with Gasteiger partial charge in [0.05, 0.1) is 14.2 Å². The molecule has 1 fully saturated rings. The molecule has 2 rings (SSSR count). The molecule has 1 saturated heterocycles. The fourth-order valence-electron chi connectivity index (χ4n) is 2.38. The first-order chi connectivity index (χ1) is 10.4. The van der Waals surface area contributed by atoms with E-state index in [0.717, 1.165) is 12.8 Å². The summed E-state index contributed by atoms with van der Waals surface area (Å²) in [4.78, 5) is 0.0880. The van der Waals surface area contributed by atoms with Crippen LogP contribution in [0.4, 0.5) is 0 Å². The van der Waals surface area contributed by atoms with Gasteiger partial charge in [-0.25, -0.2) is 13.1 Å². The molecule has 0 saturated carbocycles. The maximum absolute atomic E-state index is 12.6. The van der Waals surface area contributed by atoms with E-state index in [-0.39, 0.29) is 10.3 Å². The second kappa shape index (κ2) is 6.85. The number of hydrogen-bond donors (Lipinski definition) is 1. The Balaban J connectivity index is 2.19. The molecule has 1 aliphatic heterocycles. The topological polar surface area (TPSA) is 73.9 Å². The maximum atomic E-state index is 12.6. The predicted octanol–water partition coefficient (Wildman–Crippen LogP) is 1.80. The van der Waals surface area contributed by atoms with Crippen LogP contribution in [0.3, 0.4) is 0 Å². The lowest BCUT2D eigenvalue weighted by Gasteiger charge is -2.33. The molecular weight excluding hydrogens is 306 g/mol. The number of nitrogens with one attached hydrogen (secondary N) is 1. The standard InChI is InChI=1S/C15H23NO5S/c1-15(6-8-21-9-7-15)11-16-22(17,18)14-10-12(19-2)4-5-13(14)20-3/h4-5,10,16H,6-9,11H2,1-3H3. The zero-order valence-corrected chi connectivity index (χ0v) is 14.0. The van der Waals surface area contributed by atoms with E-state index >= 15 is 0 Å². The van der Waals surface area contributed by atoms with E-state index in [1.807, 2.05) is 0 Å². The summed E-state index contributed by atoms with van der Waals surface area (Å²) in [7, 11) is -0.729. The summed E-state index contributed by atoms with van der Waals surface area (Å²) < 4.78 is 43.5. The molecule has 0 radical (unpaired) electrons. The van der Waals surface area contributed by atoms with Gasteiger partial charge >= 0.3 is 0 Å². The van der Waals surface area contributed by atoms with Crippen molar-refractivity contribution in [1.82, 2.24) is 4.72 Å². The number of benzene rings is 1. The molecular formula is C15H23NO5S. The van der Waals surface area contributed by atoms with Crippen molar-refractivity contribution in [2.24, 2.45) is 5.41 Å². The molecule has 1 aliphatic rings. The molecule has 124 valence electrons. The van der Waals surface area contributed by atoms with Gasteiger partial charge in [0.25, 0.3) is 0 Å². The first-order valence-electron chi connectivity index (χ1n) is 7.20. The van der Waals surface area contributed by atoms with Gasteiger partial charge < -0.3 is 14.2 Å². The molecule has 0 atom stereocenters. The predicted molar refractivity (Wildman–Crippen MR) is 82.9 cm³/mol. The second-order valence-corrected chi connectivity index (χ2v) is 7.50. The lowest BCUT2D eigenvalue weighted by atomic mass is 9.83. The van der Waals surface area contributed by atoms with Crippen LogP contribution in [0, 0.1) is 5.41 Å². The maximum Gasteiger partial charge on any atom is 0.244 e. The zero-order chi connectivity index (χ0) is 16.2. The van der Waals surface area contributed by atoms with Gasteiger partial charge in [-0.1, -0.05) is 6.92 Å². The molecule has 0 aromatic heterocycles. The number of rotatable bonds is 6. The molecule has 0 aliphatic carbocycles. The monoisotopic (exact) mass is 329 g/mol. The van der Waals surface area contributed by atoms with Crippen molar-refractivity contribution < 1.29 is 22.6 Å². The molecule has 1 aromatic rings. The Hall–Kier alpha value is -1.31. The van der Waals surface area contributed by atoms with Gasteiger partial charge in [-0.05, 0) is 30.4 Å². The Kier molecular flexibility index (Phi) is 5.31. The average Bonchev–Trinajstić information content (AvgIpc) is 2.53. The lowest BCUT2D eigenvalue weighted by Crippen LogP contribution is -2.39. The van der Waals surface area contributed by atoms with E-state index in [1.165, 1.54) is 20.3 Å². The SMILES string of the molecule is COc1ccc(OC)c(S(=O)(=O)NCC2(C)CCOCC2)c1. The van der Waals surface area contributed by atoms with Crippen molar-refractivity contribution in [3.8, 4) is 11.5 Å². The van der Waals surface area contributed by atoms with Gasteiger partial charge in [0.2, 0.25) is 10.0 Å². The minimum absolute atomic E-state index is 0.0859. The second-order valence-electron chi connectivity index (χ2n) is 5.76. The summed E-state index contributed by atoms with van der Waals surface area (Å²) in [5.74, 6) is 0.767.